The second-order valence-corrected chi connectivity index (χ2v) is 9.45. The van der Waals surface area contributed by atoms with E-state index < -0.39 is 0 Å². The van der Waals surface area contributed by atoms with E-state index in [4.69, 9.17) is 4.74 Å². The first kappa shape index (κ1) is 20.9. The Balaban J connectivity index is 1.46. The molecule has 0 bridgehead atoms. The van der Waals surface area contributed by atoms with E-state index in [-0.39, 0.29) is 11.8 Å². The van der Waals surface area contributed by atoms with Gasteiger partial charge in [0.25, 0.3) is 5.91 Å². The average molecular weight is 427 g/mol. The van der Waals surface area contributed by atoms with Crippen LogP contribution in [0.5, 0.6) is 5.75 Å². The Bertz CT molecular complexity index is 874. The number of carbonyl (C=O) groups excluding carboxylic acids is 2. The molecule has 0 radical (unpaired) electrons. The zero-order chi connectivity index (χ0) is 21.1. The summed E-state index contributed by atoms with van der Waals surface area (Å²) in [6.45, 7) is 7.43. The number of benzene rings is 1. The van der Waals surface area contributed by atoms with Crippen molar-refractivity contribution < 1.29 is 14.3 Å². The largest absolute Gasteiger partial charge is 0.493 e. The second kappa shape index (κ2) is 9.21. The Hall–Kier alpha value is -2.34. The number of ether oxygens (including phenoxy) is 1. The van der Waals surface area contributed by atoms with Gasteiger partial charge in [0.15, 0.2) is 0 Å². The van der Waals surface area contributed by atoms with Gasteiger partial charge in [0, 0.05) is 39.0 Å². The van der Waals surface area contributed by atoms with Crippen molar-refractivity contribution in [2.24, 2.45) is 17.8 Å². The van der Waals surface area contributed by atoms with E-state index in [0.717, 1.165) is 55.2 Å². The summed E-state index contributed by atoms with van der Waals surface area (Å²) >= 11 is 1.53. The second-order valence-electron chi connectivity index (χ2n) is 8.53. The Kier molecular flexibility index (Phi) is 6.42. The van der Waals surface area contributed by atoms with Gasteiger partial charge in [0.05, 0.1) is 11.5 Å². The van der Waals surface area contributed by atoms with E-state index >= 15 is 0 Å². The van der Waals surface area contributed by atoms with Crippen LogP contribution in [0, 0.1) is 24.7 Å². The fourth-order valence-corrected chi connectivity index (χ4v) is 5.76. The molecule has 6 heteroatoms. The molecule has 2 aliphatic rings. The van der Waals surface area contributed by atoms with Crippen molar-refractivity contribution in [2.75, 3.05) is 32.8 Å². The molecule has 2 aromatic rings. The van der Waals surface area contributed by atoms with Crippen LogP contribution in [0.15, 0.2) is 41.8 Å². The molecule has 2 unspecified atom stereocenters. The van der Waals surface area contributed by atoms with Gasteiger partial charge in [-0.25, -0.2) is 0 Å². The number of para-hydroxylation sites is 1. The number of piperidine rings is 1. The molecule has 2 saturated heterocycles. The number of nitrogens with zero attached hydrogens (tertiary/aromatic N) is 2. The summed E-state index contributed by atoms with van der Waals surface area (Å²) in [7, 11) is 0. The highest BCUT2D eigenvalue weighted by atomic mass is 32.1. The van der Waals surface area contributed by atoms with Crippen molar-refractivity contribution in [3.8, 4) is 5.75 Å². The molecule has 2 fully saturated rings. The monoisotopic (exact) mass is 426 g/mol. The summed E-state index contributed by atoms with van der Waals surface area (Å²) in [6.07, 6.45) is 2.01. The highest BCUT2D eigenvalue weighted by molar-refractivity contribution is 7.12. The van der Waals surface area contributed by atoms with Crippen LogP contribution in [0.2, 0.25) is 0 Å². The Labute approximate surface area is 182 Å². The van der Waals surface area contributed by atoms with Crippen molar-refractivity contribution in [3.05, 3.63) is 52.2 Å². The lowest BCUT2D eigenvalue weighted by Crippen LogP contribution is -2.40. The molecule has 160 valence electrons. The molecule has 2 aliphatic heterocycles. The number of amides is 2. The molecule has 2 atom stereocenters. The standard InChI is InChI=1S/C24H30N2O3S/c1-17-10-13-30-23(17)24(28)26-14-20(16-29-21-6-4-3-5-7-21)22(15-26)19-8-11-25(12-9-19)18(2)27/h3-7,10,13,19-20,22H,8-9,11-12,14-16H2,1-2H3. The highest BCUT2D eigenvalue weighted by Gasteiger charge is 2.41. The van der Waals surface area contributed by atoms with Crippen molar-refractivity contribution in [1.82, 2.24) is 9.80 Å². The first-order valence-corrected chi connectivity index (χ1v) is 11.7. The maximum atomic E-state index is 13.2. The SMILES string of the molecule is CC(=O)N1CCC(C2CN(C(=O)c3sccc3C)CC2COc2ccccc2)CC1. The number of carbonyl (C=O) groups is 2. The molecule has 0 N–H and O–H groups in total. The molecule has 5 nitrogen and oxygen atoms in total. The topological polar surface area (TPSA) is 49.9 Å². The molecule has 4 rings (SSSR count). The number of thiophene rings is 1. The van der Waals surface area contributed by atoms with Crippen LogP contribution in [0.3, 0.4) is 0 Å². The van der Waals surface area contributed by atoms with E-state index in [1.54, 1.807) is 6.92 Å². The minimum atomic E-state index is 0.149. The van der Waals surface area contributed by atoms with Gasteiger partial charge >= 0.3 is 0 Å². The van der Waals surface area contributed by atoms with E-state index in [1.165, 1.54) is 11.3 Å². The van der Waals surface area contributed by atoms with Gasteiger partial charge in [-0.05, 0) is 60.7 Å². The third-order valence-corrected chi connectivity index (χ3v) is 7.64. The predicted octanol–water partition coefficient (Wildman–Crippen LogP) is 4.08. The van der Waals surface area contributed by atoms with E-state index in [9.17, 15) is 9.59 Å². The molecular formula is C24H30N2O3S. The Morgan fingerprint density at radius 1 is 1.07 bits per heavy atom. The molecule has 1 aromatic carbocycles. The maximum absolute atomic E-state index is 13.2. The predicted molar refractivity (Wildman–Crippen MR) is 119 cm³/mol. The minimum Gasteiger partial charge on any atom is -0.493 e. The summed E-state index contributed by atoms with van der Waals surface area (Å²) in [5, 5.41) is 1.99. The lowest BCUT2D eigenvalue weighted by atomic mass is 9.78. The summed E-state index contributed by atoms with van der Waals surface area (Å²) in [4.78, 5) is 29.7. The molecule has 2 amide bonds. The van der Waals surface area contributed by atoms with Gasteiger partial charge in [-0.15, -0.1) is 11.3 Å². The van der Waals surface area contributed by atoms with Gasteiger partial charge < -0.3 is 14.5 Å². The molecule has 0 spiro atoms. The fourth-order valence-electron chi connectivity index (χ4n) is 4.87. The van der Waals surface area contributed by atoms with Crippen LogP contribution < -0.4 is 4.74 Å². The normalized spacial score (nSPS) is 22.3. The van der Waals surface area contributed by atoms with Crippen molar-refractivity contribution >= 4 is 23.2 Å². The lowest BCUT2D eigenvalue weighted by Gasteiger charge is -2.36. The number of likely N-dealkylation sites (tertiary alicyclic amines) is 2. The summed E-state index contributed by atoms with van der Waals surface area (Å²) in [6, 6.07) is 11.9. The minimum absolute atomic E-state index is 0.149. The van der Waals surface area contributed by atoms with Gasteiger partial charge in [0.2, 0.25) is 5.91 Å². The van der Waals surface area contributed by atoms with Gasteiger partial charge in [-0.3, -0.25) is 9.59 Å². The first-order chi connectivity index (χ1) is 14.5. The third-order valence-electron chi connectivity index (χ3n) is 6.63. The molecule has 0 aliphatic carbocycles. The van der Waals surface area contributed by atoms with Crippen molar-refractivity contribution in [2.45, 2.75) is 26.7 Å². The molecule has 1 aromatic heterocycles. The Morgan fingerprint density at radius 2 is 1.80 bits per heavy atom. The number of hydrogen-bond acceptors (Lipinski definition) is 4. The van der Waals surface area contributed by atoms with E-state index in [1.807, 2.05) is 58.5 Å². The number of rotatable bonds is 5. The number of aryl methyl sites for hydroxylation is 1. The first-order valence-electron chi connectivity index (χ1n) is 10.8. The molecular weight excluding hydrogens is 396 g/mol. The highest BCUT2D eigenvalue weighted by Crippen LogP contribution is 2.37. The zero-order valence-electron chi connectivity index (χ0n) is 17.8. The maximum Gasteiger partial charge on any atom is 0.264 e. The molecule has 3 heterocycles. The van der Waals surface area contributed by atoms with Gasteiger partial charge in [-0.2, -0.15) is 0 Å². The summed E-state index contributed by atoms with van der Waals surface area (Å²) in [5.41, 5.74) is 1.06. The average Bonchev–Trinajstić information content (AvgIpc) is 3.39. The smallest absolute Gasteiger partial charge is 0.264 e. The van der Waals surface area contributed by atoms with Crippen LogP contribution >= 0.6 is 11.3 Å². The summed E-state index contributed by atoms with van der Waals surface area (Å²) in [5.74, 6) is 2.42. The van der Waals surface area contributed by atoms with E-state index in [0.29, 0.717) is 24.4 Å². The molecule has 30 heavy (non-hydrogen) atoms. The van der Waals surface area contributed by atoms with Crippen LogP contribution in [-0.2, 0) is 4.79 Å². The molecule has 0 saturated carbocycles. The number of hydrogen-bond donors (Lipinski definition) is 0. The van der Waals surface area contributed by atoms with E-state index in [2.05, 4.69) is 0 Å². The zero-order valence-corrected chi connectivity index (χ0v) is 18.6. The van der Waals surface area contributed by atoms with Crippen LogP contribution in [0.25, 0.3) is 0 Å². The summed E-state index contributed by atoms with van der Waals surface area (Å²) < 4.78 is 6.11. The fraction of sp³-hybridized carbons (Fsp3) is 0.500. The van der Waals surface area contributed by atoms with Crippen LogP contribution in [0.1, 0.15) is 35.0 Å². The van der Waals surface area contributed by atoms with Crippen molar-refractivity contribution in [3.63, 3.8) is 0 Å². The van der Waals surface area contributed by atoms with Crippen LogP contribution in [-0.4, -0.2) is 54.4 Å². The quantitative estimate of drug-likeness (QED) is 0.724. The third kappa shape index (κ3) is 4.53. The lowest BCUT2D eigenvalue weighted by molar-refractivity contribution is -0.130. The van der Waals surface area contributed by atoms with Gasteiger partial charge in [-0.1, -0.05) is 18.2 Å². The van der Waals surface area contributed by atoms with Crippen LogP contribution in [0.4, 0.5) is 0 Å². The Morgan fingerprint density at radius 3 is 2.43 bits per heavy atom. The van der Waals surface area contributed by atoms with Crippen molar-refractivity contribution in [1.29, 1.82) is 0 Å². The van der Waals surface area contributed by atoms with Gasteiger partial charge in [0.1, 0.15) is 5.75 Å².